The second kappa shape index (κ2) is 10.6. The summed E-state index contributed by atoms with van der Waals surface area (Å²) in [5.41, 5.74) is -2.74. The molecule has 0 spiro atoms. The number of carboxylic acids is 3. The molecular weight excluding hydrogens is 324 g/mol. The summed E-state index contributed by atoms with van der Waals surface area (Å²) < 4.78 is 0. The van der Waals surface area contributed by atoms with Gasteiger partial charge in [0, 0.05) is 0 Å². The van der Waals surface area contributed by atoms with Gasteiger partial charge in [0.1, 0.15) is 18.3 Å². The zero-order valence-corrected chi connectivity index (χ0v) is 11.6. The first-order chi connectivity index (χ1) is 10.4. The second-order valence-corrected chi connectivity index (χ2v) is 4.34. The summed E-state index contributed by atoms with van der Waals surface area (Å²) in [6, 6.07) is 0. The molecule has 0 bridgehead atoms. The number of aldehydes is 1. The predicted octanol–water partition coefficient (Wildman–Crippen LogP) is -3.99. The van der Waals surface area contributed by atoms with E-state index in [9.17, 15) is 19.2 Å². The van der Waals surface area contributed by atoms with E-state index in [0.717, 1.165) is 0 Å². The molecule has 0 saturated carbocycles. The van der Waals surface area contributed by atoms with Gasteiger partial charge in [-0.2, -0.15) is 0 Å². The fraction of sp³-hybridized carbons (Fsp3) is 0.636. The Labute approximate surface area is 128 Å². The van der Waals surface area contributed by atoms with E-state index in [4.69, 9.17) is 40.9 Å². The molecule has 12 nitrogen and oxygen atoms in total. The number of hydrogen-bond donors (Lipinski definition) is 8. The average molecular weight is 342 g/mol. The largest absolute Gasteiger partial charge is 0.481 e. The highest BCUT2D eigenvalue weighted by Gasteiger charge is 2.40. The van der Waals surface area contributed by atoms with Gasteiger partial charge in [-0.3, -0.25) is 9.59 Å². The van der Waals surface area contributed by atoms with Gasteiger partial charge in [-0.25, -0.2) is 4.79 Å². The molecule has 0 rings (SSSR count). The van der Waals surface area contributed by atoms with Crippen LogP contribution in [0.5, 0.6) is 0 Å². The number of hydrogen-bond acceptors (Lipinski definition) is 9. The monoisotopic (exact) mass is 342 g/mol. The lowest BCUT2D eigenvalue weighted by molar-refractivity contribution is -0.170. The quantitative estimate of drug-likeness (QED) is 0.187. The molecule has 0 radical (unpaired) electrons. The number of rotatable bonds is 9. The van der Waals surface area contributed by atoms with Crippen molar-refractivity contribution in [3.63, 3.8) is 0 Å². The van der Waals surface area contributed by atoms with Crippen molar-refractivity contribution in [1.82, 2.24) is 0 Å². The molecule has 0 heterocycles. The first-order valence-electron chi connectivity index (χ1n) is 5.91. The van der Waals surface area contributed by atoms with Crippen molar-refractivity contribution < 1.29 is 60.0 Å². The van der Waals surface area contributed by atoms with Crippen LogP contribution in [0.2, 0.25) is 0 Å². The Bertz CT molecular complexity index is 403. The fourth-order valence-corrected chi connectivity index (χ4v) is 1.13. The van der Waals surface area contributed by atoms with Gasteiger partial charge < -0.3 is 45.6 Å². The Morgan fingerprint density at radius 3 is 1.57 bits per heavy atom. The third-order valence-corrected chi connectivity index (χ3v) is 2.36. The van der Waals surface area contributed by atoms with Gasteiger partial charge in [-0.1, -0.05) is 0 Å². The number of carbonyl (C=O) groups is 4. The lowest BCUT2D eigenvalue weighted by Gasteiger charge is -2.18. The molecule has 0 amide bonds. The van der Waals surface area contributed by atoms with Crippen molar-refractivity contribution in [3.8, 4) is 0 Å². The van der Waals surface area contributed by atoms with E-state index in [1.807, 2.05) is 0 Å². The minimum Gasteiger partial charge on any atom is -0.481 e. The van der Waals surface area contributed by atoms with Gasteiger partial charge in [-0.15, -0.1) is 0 Å². The molecule has 0 aliphatic rings. The lowest BCUT2D eigenvalue weighted by Crippen LogP contribution is -2.42. The molecule has 0 aliphatic carbocycles. The van der Waals surface area contributed by atoms with Gasteiger partial charge in [0.15, 0.2) is 11.9 Å². The Hall–Kier alpha value is -2.12. The first-order valence-corrected chi connectivity index (χ1v) is 5.91. The normalized spacial score (nSPS) is 14.7. The van der Waals surface area contributed by atoms with Gasteiger partial charge in [0.05, 0.1) is 19.4 Å². The van der Waals surface area contributed by atoms with E-state index >= 15 is 0 Å². The summed E-state index contributed by atoms with van der Waals surface area (Å²) in [6.45, 7) is -0.688. The maximum Gasteiger partial charge on any atom is 0.336 e. The molecule has 0 aromatic rings. The summed E-state index contributed by atoms with van der Waals surface area (Å²) in [4.78, 5) is 40.2. The van der Waals surface area contributed by atoms with Crippen LogP contribution in [0.1, 0.15) is 12.8 Å². The van der Waals surface area contributed by atoms with Crippen molar-refractivity contribution in [1.29, 1.82) is 0 Å². The third kappa shape index (κ3) is 9.49. The molecule has 0 aliphatic heterocycles. The molecule has 0 unspecified atom stereocenters. The van der Waals surface area contributed by atoms with Crippen molar-refractivity contribution in [2.45, 2.75) is 36.8 Å². The van der Waals surface area contributed by atoms with E-state index in [2.05, 4.69) is 0 Å². The molecule has 8 N–H and O–H groups in total. The van der Waals surface area contributed by atoms with Crippen LogP contribution in [0.15, 0.2) is 0 Å². The van der Waals surface area contributed by atoms with Gasteiger partial charge in [-0.05, 0) is 0 Å². The predicted molar refractivity (Wildman–Crippen MR) is 68.3 cm³/mol. The highest BCUT2D eigenvalue weighted by atomic mass is 16.4. The van der Waals surface area contributed by atoms with E-state index in [1.165, 1.54) is 0 Å². The topological polar surface area (TPSA) is 230 Å². The number of aliphatic hydroxyl groups is 5. The van der Waals surface area contributed by atoms with Crippen molar-refractivity contribution in [2.24, 2.45) is 0 Å². The number of aliphatic hydroxyl groups excluding tert-OH is 4. The molecule has 0 saturated heterocycles. The van der Waals surface area contributed by atoms with Crippen molar-refractivity contribution in [3.05, 3.63) is 0 Å². The average Bonchev–Trinajstić information content (AvgIpc) is 2.43. The number of carboxylic acid groups (broad SMARTS) is 3. The third-order valence-electron chi connectivity index (χ3n) is 2.36. The summed E-state index contributed by atoms with van der Waals surface area (Å²) in [5.74, 6) is -5.02. The zero-order valence-electron chi connectivity index (χ0n) is 11.6. The van der Waals surface area contributed by atoms with Crippen LogP contribution in [0, 0.1) is 0 Å². The highest BCUT2D eigenvalue weighted by Crippen LogP contribution is 2.15. The molecular formula is C11H18O12. The SMILES string of the molecule is O=C(O)CC(O)(CC(=O)O)C(=O)O.O=C[C@H](O)[C@@H](O)[C@@H](O)CO. The number of aliphatic carboxylic acids is 3. The summed E-state index contributed by atoms with van der Waals surface area (Å²) >= 11 is 0. The smallest absolute Gasteiger partial charge is 0.336 e. The molecule has 12 heteroatoms. The molecule has 0 fully saturated rings. The Kier molecular flexibility index (Phi) is 10.6. The van der Waals surface area contributed by atoms with Gasteiger partial charge in [0.2, 0.25) is 0 Å². The zero-order chi connectivity index (χ0) is 18.8. The summed E-state index contributed by atoms with van der Waals surface area (Å²) in [7, 11) is 0. The van der Waals surface area contributed by atoms with Crippen LogP contribution in [0.3, 0.4) is 0 Å². The minimum absolute atomic E-state index is 0.0869. The molecule has 3 atom stereocenters. The van der Waals surface area contributed by atoms with Crippen molar-refractivity contribution >= 4 is 24.2 Å². The Morgan fingerprint density at radius 1 is 0.957 bits per heavy atom. The molecule has 134 valence electrons. The molecule has 0 aromatic heterocycles. The van der Waals surface area contributed by atoms with Gasteiger partial charge in [0.25, 0.3) is 0 Å². The molecule has 23 heavy (non-hydrogen) atoms. The van der Waals surface area contributed by atoms with E-state index in [-0.39, 0.29) is 6.29 Å². The standard InChI is InChI=1S/C6H8O7.C5H10O5/c7-3(8)1-6(13,5(11)12)2-4(9)10;6-1-3(8)5(10)4(9)2-7/h13H,1-2H2,(H,7,8)(H,9,10)(H,11,12);1,3-5,7-10H,2H2/t;3-,4-,5+/m.0/s1. The highest BCUT2D eigenvalue weighted by molar-refractivity contribution is 5.88. The van der Waals surface area contributed by atoms with Gasteiger partial charge >= 0.3 is 17.9 Å². The summed E-state index contributed by atoms with van der Waals surface area (Å²) in [6.07, 6.45) is -6.92. The first kappa shape index (κ1) is 23.2. The van der Waals surface area contributed by atoms with Crippen LogP contribution < -0.4 is 0 Å². The van der Waals surface area contributed by atoms with Crippen LogP contribution in [-0.4, -0.2) is 95.6 Å². The number of carbonyl (C=O) groups excluding carboxylic acids is 1. The van der Waals surface area contributed by atoms with Crippen LogP contribution in [0.25, 0.3) is 0 Å². The van der Waals surface area contributed by atoms with E-state index in [1.54, 1.807) is 0 Å². The maximum atomic E-state index is 10.3. The Morgan fingerprint density at radius 2 is 1.35 bits per heavy atom. The second-order valence-electron chi connectivity index (χ2n) is 4.34. The molecule has 0 aromatic carbocycles. The van der Waals surface area contributed by atoms with Crippen LogP contribution in [0.4, 0.5) is 0 Å². The van der Waals surface area contributed by atoms with Crippen LogP contribution >= 0.6 is 0 Å². The minimum atomic E-state index is -2.74. The maximum absolute atomic E-state index is 10.3. The lowest BCUT2D eigenvalue weighted by atomic mass is 9.96. The van der Waals surface area contributed by atoms with E-state index < -0.39 is 61.3 Å². The van der Waals surface area contributed by atoms with E-state index in [0.29, 0.717) is 0 Å². The van der Waals surface area contributed by atoms with Crippen LogP contribution in [-0.2, 0) is 19.2 Å². The van der Waals surface area contributed by atoms with Crippen molar-refractivity contribution in [2.75, 3.05) is 6.61 Å². The fourth-order valence-electron chi connectivity index (χ4n) is 1.13. The Balaban J connectivity index is 0. The summed E-state index contributed by atoms with van der Waals surface area (Å²) in [5, 5.41) is 67.9.